The van der Waals surface area contributed by atoms with Gasteiger partial charge in [-0.05, 0) is 34.5 Å². The Morgan fingerprint density at radius 2 is 1.83 bits per heavy atom. The molecule has 3 rings (SSSR count). The van der Waals surface area contributed by atoms with E-state index in [-0.39, 0.29) is 22.6 Å². The van der Waals surface area contributed by atoms with Crippen LogP contribution < -0.4 is 0 Å². The highest BCUT2D eigenvalue weighted by atomic mass is 32.2. The van der Waals surface area contributed by atoms with Gasteiger partial charge in [-0.3, -0.25) is 4.79 Å². The van der Waals surface area contributed by atoms with Crippen molar-refractivity contribution in [1.29, 1.82) is 0 Å². The molecule has 0 radical (unpaired) electrons. The summed E-state index contributed by atoms with van der Waals surface area (Å²) in [7, 11) is 0. The number of fused-ring (bicyclic) bond motifs is 1. The van der Waals surface area contributed by atoms with Gasteiger partial charge < -0.3 is 9.66 Å². The molecule has 0 saturated heterocycles. The van der Waals surface area contributed by atoms with E-state index in [0.717, 1.165) is 0 Å². The van der Waals surface area contributed by atoms with Crippen LogP contribution in [0, 0.1) is 5.82 Å². The molecule has 0 aliphatic carbocycles. The predicted octanol–water partition coefficient (Wildman–Crippen LogP) is 3.64. The van der Waals surface area contributed by atoms with E-state index in [1.165, 1.54) is 24.3 Å². The topological polar surface area (TPSA) is 74.6 Å². The standard InChI is InChI=1S/C18H13FO4S/c19-15-4-2-1-3-14(15)18(21)17-13-7-5-11(10-24(22)23)9-12(13)6-8-16(17)20/h1-9,20H,10H2,(H,22,23). The molecule has 2 N–H and O–H groups in total. The summed E-state index contributed by atoms with van der Waals surface area (Å²) in [5.41, 5.74) is 0.508. The van der Waals surface area contributed by atoms with Crippen molar-refractivity contribution in [3.63, 3.8) is 0 Å². The molecule has 0 amide bonds. The summed E-state index contributed by atoms with van der Waals surface area (Å²) < 4.78 is 33.8. The Kier molecular flexibility index (Phi) is 4.42. The van der Waals surface area contributed by atoms with Gasteiger partial charge in [-0.15, -0.1) is 0 Å². The number of halogens is 1. The second-order valence-corrected chi connectivity index (χ2v) is 6.22. The maximum atomic E-state index is 13.9. The summed E-state index contributed by atoms with van der Waals surface area (Å²) in [6.07, 6.45) is 0. The molecular weight excluding hydrogens is 331 g/mol. The number of benzene rings is 3. The molecule has 0 aromatic heterocycles. The van der Waals surface area contributed by atoms with Gasteiger partial charge in [-0.2, -0.15) is 0 Å². The Morgan fingerprint density at radius 1 is 1.08 bits per heavy atom. The number of hydrogen-bond donors (Lipinski definition) is 2. The van der Waals surface area contributed by atoms with Gasteiger partial charge in [0.05, 0.1) is 16.9 Å². The molecule has 1 unspecified atom stereocenters. The largest absolute Gasteiger partial charge is 0.507 e. The molecule has 0 spiro atoms. The van der Waals surface area contributed by atoms with Gasteiger partial charge >= 0.3 is 0 Å². The number of carbonyl (C=O) groups is 1. The smallest absolute Gasteiger partial charge is 0.200 e. The van der Waals surface area contributed by atoms with E-state index in [4.69, 9.17) is 4.55 Å². The van der Waals surface area contributed by atoms with Crippen molar-refractivity contribution < 1.29 is 23.1 Å². The van der Waals surface area contributed by atoms with Crippen molar-refractivity contribution in [3.8, 4) is 5.75 Å². The van der Waals surface area contributed by atoms with Crippen LogP contribution in [-0.4, -0.2) is 19.7 Å². The lowest BCUT2D eigenvalue weighted by molar-refractivity contribution is 0.103. The molecule has 1 atom stereocenters. The Hall–Kier alpha value is -2.57. The zero-order chi connectivity index (χ0) is 17.3. The van der Waals surface area contributed by atoms with Crippen molar-refractivity contribution >= 4 is 27.6 Å². The van der Waals surface area contributed by atoms with Crippen molar-refractivity contribution in [3.05, 3.63) is 77.1 Å². The van der Waals surface area contributed by atoms with Crippen LogP contribution in [0.5, 0.6) is 5.75 Å². The number of hydrogen-bond acceptors (Lipinski definition) is 3. The van der Waals surface area contributed by atoms with Crippen LogP contribution in [-0.2, 0) is 16.8 Å². The first-order valence-electron chi connectivity index (χ1n) is 7.08. The van der Waals surface area contributed by atoms with Gasteiger partial charge in [0.25, 0.3) is 0 Å². The number of rotatable bonds is 4. The molecule has 0 aliphatic heterocycles. The Bertz CT molecular complexity index is 968. The number of aromatic hydroxyl groups is 1. The number of carbonyl (C=O) groups excluding carboxylic acids is 1. The van der Waals surface area contributed by atoms with Crippen LogP contribution in [0.25, 0.3) is 10.8 Å². The van der Waals surface area contributed by atoms with Gasteiger partial charge in [0, 0.05) is 0 Å². The highest BCUT2D eigenvalue weighted by Gasteiger charge is 2.20. The average molecular weight is 344 g/mol. The zero-order valence-corrected chi connectivity index (χ0v) is 13.2. The minimum atomic E-state index is -1.98. The van der Waals surface area contributed by atoms with E-state index in [1.54, 1.807) is 30.3 Å². The summed E-state index contributed by atoms with van der Waals surface area (Å²) in [6.45, 7) is 0. The second-order valence-electron chi connectivity index (χ2n) is 5.29. The molecular formula is C18H13FO4S. The highest BCUT2D eigenvalue weighted by molar-refractivity contribution is 7.78. The molecule has 0 bridgehead atoms. The van der Waals surface area contributed by atoms with Crippen molar-refractivity contribution in [2.45, 2.75) is 5.75 Å². The third-order valence-electron chi connectivity index (χ3n) is 3.70. The van der Waals surface area contributed by atoms with Crippen LogP contribution in [0.2, 0.25) is 0 Å². The maximum absolute atomic E-state index is 13.9. The molecule has 3 aromatic rings. The minimum absolute atomic E-state index is 0.00858. The normalized spacial score (nSPS) is 12.2. The van der Waals surface area contributed by atoms with Crippen LogP contribution in [0.1, 0.15) is 21.5 Å². The molecule has 24 heavy (non-hydrogen) atoms. The third kappa shape index (κ3) is 3.06. The number of phenolic OH excluding ortho intramolecular Hbond substituents is 1. The highest BCUT2D eigenvalue weighted by Crippen LogP contribution is 2.30. The first-order valence-corrected chi connectivity index (χ1v) is 8.36. The van der Waals surface area contributed by atoms with Gasteiger partial charge in [0.15, 0.2) is 16.9 Å². The van der Waals surface area contributed by atoms with Crippen molar-refractivity contribution in [2.24, 2.45) is 0 Å². The number of ketones is 1. The van der Waals surface area contributed by atoms with E-state index >= 15 is 0 Å². The Morgan fingerprint density at radius 3 is 2.54 bits per heavy atom. The van der Waals surface area contributed by atoms with Gasteiger partial charge in [0.1, 0.15) is 11.6 Å². The summed E-state index contributed by atoms with van der Waals surface area (Å²) in [4.78, 5) is 12.7. The van der Waals surface area contributed by atoms with Gasteiger partial charge in [0.2, 0.25) is 0 Å². The lowest BCUT2D eigenvalue weighted by Crippen LogP contribution is -2.05. The average Bonchev–Trinajstić information content (AvgIpc) is 2.54. The second kappa shape index (κ2) is 6.51. The summed E-state index contributed by atoms with van der Waals surface area (Å²) in [5, 5.41) is 11.2. The molecule has 0 saturated carbocycles. The SMILES string of the molecule is O=C(c1ccccc1F)c1c(O)ccc2cc(CS(=O)O)ccc12. The quantitative estimate of drug-likeness (QED) is 0.560. The molecule has 4 nitrogen and oxygen atoms in total. The lowest BCUT2D eigenvalue weighted by atomic mass is 9.95. The van der Waals surface area contributed by atoms with Crippen LogP contribution in [0.15, 0.2) is 54.6 Å². The minimum Gasteiger partial charge on any atom is -0.507 e. The maximum Gasteiger partial charge on any atom is 0.200 e. The van der Waals surface area contributed by atoms with E-state index in [2.05, 4.69) is 0 Å². The van der Waals surface area contributed by atoms with Crippen LogP contribution in [0.3, 0.4) is 0 Å². The summed E-state index contributed by atoms with van der Waals surface area (Å²) >= 11 is -1.98. The van der Waals surface area contributed by atoms with Crippen LogP contribution >= 0.6 is 0 Å². The molecule has 3 aromatic carbocycles. The van der Waals surface area contributed by atoms with E-state index < -0.39 is 22.7 Å². The monoisotopic (exact) mass is 344 g/mol. The van der Waals surface area contributed by atoms with E-state index in [0.29, 0.717) is 16.3 Å². The molecule has 6 heteroatoms. The lowest BCUT2D eigenvalue weighted by Gasteiger charge is -2.10. The molecule has 122 valence electrons. The molecule has 0 aliphatic rings. The van der Waals surface area contributed by atoms with E-state index in [9.17, 15) is 18.5 Å². The van der Waals surface area contributed by atoms with E-state index in [1.807, 2.05) is 0 Å². The fourth-order valence-electron chi connectivity index (χ4n) is 2.62. The first-order chi connectivity index (χ1) is 11.5. The third-order valence-corrected chi connectivity index (χ3v) is 4.28. The predicted molar refractivity (Wildman–Crippen MR) is 89.9 cm³/mol. The molecule has 0 fully saturated rings. The van der Waals surface area contributed by atoms with Crippen molar-refractivity contribution in [1.82, 2.24) is 0 Å². The zero-order valence-electron chi connectivity index (χ0n) is 12.4. The Balaban J connectivity index is 2.17. The van der Waals surface area contributed by atoms with Gasteiger partial charge in [-0.25, -0.2) is 8.60 Å². The fourth-order valence-corrected chi connectivity index (χ4v) is 3.08. The Labute approximate surface area is 139 Å². The number of phenols is 1. The summed E-state index contributed by atoms with van der Waals surface area (Å²) in [5.74, 6) is -1.55. The van der Waals surface area contributed by atoms with Gasteiger partial charge in [-0.1, -0.05) is 36.4 Å². The fraction of sp³-hybridized carbons (Fsp3) is 0.0556. The van der Waals surface area contributed by atoms with Crippen molar-refractivity contribution in [2.75, 3.05) is 0 Å². The van der Waals surface area contributed by atoms with Crippen LogP contribution in [0.4, 0.5) is 4.39 Å². The summed E-state index contributed by atoms with van der Waals surface area (Å²) in [6, 6.07) is 13.4. The first kappa shape index (κ1) is 16.3. The molecule has 0 heterocycles.